The summed E-state index contributed by atoms with van der Waals surface area (Å²) in [7, 11) is 0. The zero-order valence-electron chi connectivity index (χ0n) is 12.1. The second kappa shape index (κ2) is 8.42. The first-order chi connectivity index (χ1) is 11.5. The molecule has 0 unspecified atom stereocenters. The molecule has 124 valence electrons. The summed E-state index contributed by atoms with van der Waals surface area (Å²) in [6.45, 7) is -0.417. The quantitative estimate of drug-likeness (QED) is 0.446. The number of rotatable bonds is 6. The van der Waals surface area contributed by atoms with Gasteiger partial charge in [-0.25, -0.2) is 5.43 Å². The van der Waals surface area contributed by atoms with Crippen LogP contribution in [0.4, 0.5) is 5.69 Å². The van der Waals surface area contributed by atoms with Gasteiger partial charge in [-0.15, -0.1) is 0 Å². The van der Waals surface area contributed by atoms with E-state index in [2.05, 4.69) is 26.5 Å². The fourth-order valence-corrected chi connectivity index (χ4v) is 2.09. The summed E-state index contributed by atoms with van der Waals surface area (Å²) in [5.74, 6) is -0.593. The Morgan fingerprint density at radius 2 is 2.04 bits per heavy atom. The number of nitrogens with one attached hydrogen (secondary N) is 1. The van der Waals surface area contributed by atoms with Crippen LogP contribution in [0.5, 0.6) is 5.75 Å². The van der Waals surface area contributed by atoms with E-state index in [0.29, 0.717) is 0 Å². The number of carbonyl (C=O) groups is 1. The third kappa shape index (κ3) is 5.32. The second-order valence-electron chi connectivity index (χ2n) is 4.50. The van der Waals surface area contributed by atoms with Crippen molar-refractivity contribution >= 4 is 45.3 Å². The van der Waals surface area contributed by atoms with Crippen molar-refractivity contribution in [2.75, 3.05) is 6.61 Å². The van der Waals surface area contributed by atoms with Crippen LogP contribution in [0.3, 0.4) is 0 Å². The first-order valence-corrected chi connectivity index (χ1v) is 7.77. The highest BCUT2D eigenvalue weighted by Crippen LogP contribution is 2.29. The molecule has 0 aliphatic heterocycles. The molecule has 7 nitrogen and oxygen atoms in total. The summed E-state index contributed by atoms with van der Waals surface area (Å²) in [5.41, 5.74) is 2.76. The average molecular weight is 413 g/mol. The van der Waals surface area contributed by atoms with Gasteiger partial charge >= 0.3 is 5.69 Å². The van der Waals surface area contributed by atoms with E-state index in [9.17, 15) is 14.9 Å². The second-order valence-corrected chi connectivity index (χ2v) is 5.85. The van der Waals surface area contributed by atoms with E-state index >= 15 is 0 Å². The van der Waals surface area contributed by atoms with Crippen LogP contribution < -0.4 is 10.2 Å². The number of amides is 1. The SMILES string of the molecule is O=C(COc1ccc(Cl)cc1[N+](=O)[O-])N/N=C/c1ccc(Br)cc1. The molecule has 0 aliphatic rings. The monoisotopic (exact) mass is 411 g/mol. The molecule has 2 aromatic carbocycles. The smallest absolute Gasteiger partial charge is 0.312 e. The van der Waals surface area contributed by atoms with Crippen molar-refractivity contribution in [2.45, 2.75) is 0 Å². The van der Waals surface area contributed by atoms with Gasteiger partial charge in [-0.05, 0) is 29.8 Å². The number of carbonyl (C=O) groups excluding carboxylic acids is 1. The Morgan fingerprint density at radius 3 is 2.71 bits per heavy atom. The summed E-state index contributed by atoms with van der Waals surface area (Å²) in [6.07, 6.45) is 1.47. The first-order valence-electron chi connectivity index (χ1n) is 6.60. The maximum absolute atomic E-state index is 11.7. The van der Waals surface area contributed by atoms with Crippen molar-refractivity contribution in [1.29, 1.82) is 0 Å². The van der Waals surface area contributed by atoms with E-state index in [1.165, 1.54) is 18.3 Å². The number of benzene rings is 2. The highest BCUT2D eigenvalue weighted by molar-refractivity contribution is 9.10. The number of nitrogens with zero attached hydrogens (tertiary/aromatic N) is 2. The summed E-state index contributed by atoms with van der Waals surface area (Å²) < 4.78 is 6.07. The minimum atomic E-state index is -0.634. The van der Waals surface area contributed by atoms with Gasteiger partial charge in [0.05, 0.1) is 11.1 Å². The number of hydrazone groups is 1. The van der Waals surface area contributed by atoms with Crippen molar-refractivity contribution in [2.24, 2.45) is 5.10 Å². The van der Waals surface area contributed by atoms with Crippen LogP contribution in [-0.2, 0) is 4.79 Å². The fraction of sp³-hybridized carbons (Fsp3) is 0.0667. The zero-order valence-corrected chi connectivity index (χ0v) is 14.5. The third-order valence-electron chi connectivity index (χ3n) is 2.75. The van der Waals surface area contributed by atoms with E-state index in [-0.39, 0.29) is 16.5 Å². The van der Waals surface area contributed by atoms with Crippen LogP contribution >= 0.6 is 27.5 Å². The van der Waals surface area contributed by atoms with Crippen LogP contribution in [0.15, 0.2) is 52.0 Å². The van der Waals surface area contributed by atoms with E-state index < -0.39 is 17.4 Å². The lowest BCUT2D eigenvalue weighted by Crippen LogP contribution is -2.24. The Bertz CT molecular complexity index is 781. The van der Waals surface area contributed by atoms with Crippen molar-refractivity contribution < 1.29 is 14.5 Å². The Labute approximate surface area is 150 Å². The minimum Gasteiger partial charge on any atom is -0.477 e. The van der Waals surface area contributed by atoms with E-state index in [4.69, 9.17) is 16.3 Å². The van der Waals surface area contributed by atoms with Gasteiger partial charge in [-0.2, -0.15) is 5.10 Å². The minimum absolute atomic E-state index is 0.0450. The van der Waals surface area contributed by atoms with Crippen LogP contribution in [0.2, 0.25) is 5.02 Å². The Hall–Kier alpha value is -2.45. The lowest BCUT2D eigenvalue weighted by Gasteiger charge is -2.05. The lowest BCUT2D eigenvalue weighted by atomic mass is 10.2. The van der Waals surface area contributed by atoms with Crippen molar-refractivity contribution in [3.63, 3.8) is 0 Å². The molecule has 2 aromatic rings. The largest absolute Gasteiger partial charge is 0.477 e. The molecule has 0 spiro atoms. The third-order valence-corrected chi connectivity index (χ3v) is 3.51. The van der Waals surface area contributed by atoms with Crippen molar-refractivity contribution in [3.05, 3.63) is 67.6 Å². The molecule has 0 atom stereocenters. The highest BCUT2D eigenvalue weighted by atomic mass is 79.9. The van der Waals surface area contributed by atoms with Gasteiger partial charge in [-0.3, -0.25) is 14.9 Å². The van der Waals surface area contributed by atoms with Crippen molar-refractivity contribution in [3.8, 4) is 5.75 Å². The highest BCUT2D eigenvalue weighted by Gasteiger charge is 2.16. The molecule has 24 heavy (non-hydrogen) atoms. The predicted octanol–water partition coefficient (Wildman–Crippen LogP) is 3.54. The van der Waals surface area contributed by atoms with Gasteiger partial charge in [0.15, 0.2) is 12.4 Å². The normalized spacial score (nSPS) is 10.6. The zero-order chi connectivity index (χ0) is 17.5. The summed E-state index contributed by atoms with van der Waals surface area (Å²) in [5, 5.41) is 14.9. The number of hydrogen-bond donors (Lipinski definition) is 1. The summed E-state index contributed by atoms with van der Waals surface area (Å²) in [6, 6.07) is 11.2. The molecule has 1 amide bonds. The topological polar surface area (TPSA) is 93.8 Å². The molecule has 9 heteroatoms. The molecule has 0 fully saturated rings. The van der Waals surface area contributed by atoms with E-state index in [0.717, 1.165) is 16.1 Å². The molecule has 0 saturated carbocycles. The number of nitro groups is 1. The molecule has 2 rings (SSSR count). The Kier molecular flexibility index (Phi) is 6.28. The van der Waals surface area contributed by atoms with Gasteiger partial charge in [0, 0.05) is 15.6 Å². The summed E-state index contributed by atoms with van der Waals surface area (Å²) >= 11 is 9.01. The molecule has 0 saturated heterocycles. The molecule has 0 heterocycles. The fourth-order valence-electron chi connectivity index (χ4n) is 1.66. The number of ether oxygens (including phenoxy) is 1. The van der Waals surface area contributed by atoms with Gasteiger partial charge < -0.3 is 4.74 Å². The van der Waals surface area contributed by atoms with Crippen LogP contribution in [0, 0.1) is 10.1 Å². The molecule has 0 bridgehead atoms. The molecule has 0 aromatic heterocycles. The van der Waals surface area contributed by atoms with Gasteiger partial charge in [-0.1, -0.05) is 39.7 Å². The van der Waals surface area contributed by atoms with Gasteiger partial charge in [0.25, 0.3) is 5.91 Å². The standard InChI is InChI=1S/C15H11BrClN3O4/c16-11-3-1-10(2-4-11)8-18-19-15(21)9-24-14-6-5-12(17)7-13(14)20(22)23/h1-8H,9H2,(H,19,21)/b18-8+. The van der Waals surface area contributed by atoms with E-state index in [1.54, 1.807) is 0 Å². The van der Waals surface area contributed by atoms with Crippen LogP contribution in [0.1, 0.15) is 5.56 Å². The molecule has 1 N–H and O–H groups in total. The van der Waals surface area contributed by atoms with Crippen LogP contribution in [-0.4, -0.2) is 23.7 Å². The van der Waals surface area contributed by atoms with Crippen LogP contribution in [0.25, 0.3) is 0 Å². The molecular formula is C15H11BrClN3O4. The van der Waals surface area contributed by atoms with Gasteiger partial charge in [0.2, 0.25) is 0 Å². The maximum atomic E-state index is 11.7. The molecule has 0 radical (unpaired) electrons. The Balaban J connectivity index is 1.89. The maximum Gasteiger partial charge on any atom is 0.312 e. The Morgan fingerprint density at radius 1 is 1.33 bits per heavy atom. The lowest BCUT2D eigenvalue weighted by molar-refractivity contribution is -0.385. The van der Waals surface area contributed by atoms with Gasteiger partial charge in [0.1, 0.15) is 0 Å². The predicted molar refractivity (Wildman–Crippen MR) is 93.5 cm³/mol. The number of halogens is 2. The summed E-state index contributed by atoms with van der Waals surface area (Å²) in [4.78, 5) is 21.9. The number of nitro benzene ring substituents is 1. The number of hydrogen-bond acceptors (Lipinski definition) is 5. The molecule has 0 aliphatic carbocycles. The molecular weight excluding hydrogens is 402 g/mol. The average Bonchev–Trinajstić information content (AvgIpc) is 2.55. The van der Waals surface area contributed by atoms with E-state index in [1.807, 2.05) is 24.3 Å². The van der Waals surface area contributed by atoms with Crippen molar-refractivity contribution in [1.82, 2.24) is 5.43 Å². The first kappa shape index (κ1) is 17.9.